The monoisotopic (exact) mass is 382 g/mol. The van der Waals surface area contributed by atoms with E-state index in [9.17, 15) is 14.0 Å². The van der Waals surface area contributed by atoms with Gasteiger partial charge in [0.2, 0.25) is 5.91 Å². The molecule has 2 atom stereocenters. The van der Waals surface area contributed by atoms with Crippen molar-refractivity contribution >= 4 is 29.0 Å². The standard InChI is InChI=1S/C21H23FN4O2/c1-2-5-18-20(27)24-16-6-3-4-7-17(16)26(18)21(28)14-8-9-19(23-12-14)25-11-10-15(22)13-25/h3-4,6-9,12,15,18H,2,5,10-11,13H2,1H3,(H,24,27)/t15?,18-/m0/s1. The molecule has 1 aromatic carbocycles. The molecule has 0 bridgehead atoms. The average Bonchev–Trinajstić information content (AvgIpc) is 3.15. The number of rotatable bonds is 4. The number of benzene rings is 1. The van der Waals surface area contributed by atoms with E-state index in [2.05, 4.69) is 10.3 Å². The minimum Gasteiger partial charge on any atom is -0.354 e. The first kappa shape index (κ1) is 18.4. The summed E-state index contributed by atoms with van der Waals surface area (Å²) in [5.74, 6) is 0.229. The van der Waals surface area contributed by atoms with Gasteiger partial charge in [-0.05, 0) is 37.1 Å². The number of carbonyl (C=O) groups excluding carboxylic acids is 2. The maximum Gasteiger partial charge on any atom is 0.260 e. The van der Waals surface area contributed by atoms with Crippen LogP contribution in [0.4, 0.5) is 21.6 Å². The number of nitrogens with one attached hydrogen (secondary N) is 1. The average molecular weight is 382 g/mol. The number of alkyl halides is 1. The van der Waals surface area contributed by atoms with Gasteiger partial charge in [-0.1, -0.05) is 25.5 Å². The van der Waals surface area contributed by atoms with Gasteiger partial charge < -0.3 is 10.2 Å². The fraction of sp³-hybridized carbons (Fsp3) is 0.381. The first-order valence-electron chi connectivity index (χ1n) is 9.67. The Morgan fingerprint density at radius 2 is 2.11 bits per heavy atom. The molecular formula is C21H23FN4O2. The van der Waals surface area contributed by atoms with Crippen molar-refractivity contribution in [3.05, 3.63) is 48.2 Å². The lowest BCUT2D eigenvalue weighted by Crippen LogP contribution is -2.51. The van der Waals surface area contributed by atoms with Gasteiger partial charge in [0.1, 0.15) is 18.0 Å². The SMILES string of the molecule is CCC[C@H]1C(=O)Nc2ccccc2N1C(=O)c1ccc(N2CCC(F)C2)nc1. The second-order valence-electron chi connectivity index (χ2n) is 7.22. The molecule has 0 radical (unpaired) electrons. The van der Waals surface area contributed by atoms with E-state index in [4.69, 9.17) is 0 Å². The van der Waals surface area contributed by atoms with Crippen LogP contribution in [0.1, 0.15) is 36.5 Å². The van der Waals surface area contributed by atoms with E-state index in [0.717, 1.165) is 6.42 Å². The van der Waals surface area contributed by atoms with Crippen molar-refractivity contribution in [2.45, 2.75) is 38.4 Å². The summed E-state index contributed by atoms with van der Waals surface area (Å²) in [5.41, 5.74) is 1.73. The highest BCUT2D eigenvalue weighted by Gasteiger charge is 2.36. The van der Waals surface area contributed by atoms with Crippen LogP contribution in [0.5, 0.6) is 0 Å². The van der Waals surface area contributed by atoms with Crippen molar-refractivity contribution in [1.29, 1.82) is 0 Å². The Balaban J connectivity index is 1.64. The Kier molecular flexibility index (Phi) is 4.98. The van der Waals surface area contributed by atoms with Crippen LogP contribution in [0, 0.1) is 0 Å². The van der Waals surface area contributed by atoms with Crippen molar-refractivity contribution < 1.29 is 14.0 Å². The molecule has 0 aliphatic carbocycles. The Bertz CT molecular complexity index is 886. The fourth-order valence-corrected chi connectivity index (χ4v) is 3.84. The Hall–Kier alpha value is -2.96. The Morgan fingerprint density at radius 1 is 1.29 bits per heavy atom. The number of aromatic nitrogens is 1. The molecule has 1 unspecified atom stereocenters. The number of nitrogens with zero attached hydrogens (tertiary/aromatic N) is 3. The van der Waals surface area contributed by atoms with Crippen molar-refractivity contribution in [2.24, 2.45) is 0 Å². The highest BCUT2D eigenvalue weighted by atomic mass is 19.1. The molecule has 0 spiro atoms. The smallest absolute Gasteiger partial charge is 0.260 e. The molecule has 2 aliphatic rings. The highest BCUT2D eigenvalue weighted by Crippen LogP contribution is 2.34. The molecule has 146 valence electrons. The minimum atomic E-state index is -0.832. The molecule has 28 heavy (non-hydrogen) atoms. The summed E-state index contributed by atoms with van der Waals surface area (Å²) in [6.45, 7) is 2.94. The minimum absolute atomic E-state index is 0.176. The van der Waals surface area contributed by atoms with Crippen LogP contribution in [-0.4, -0.2) is 42.1 Å². The third-order valence-corrected chi connectivity index (χ3v) is 5.27. The molecule has 3 heterocycles. The number of para-hydroxylation sites is 2. The molecule has 0 saturated carbocycles. The third kappa shape index (κ3) is 3.32. The van der Waals surface area contributed by atoms with Crippen LogP contribution in [0.3, 0.4) is 0 Å². The van der Waals surface area contributed by atoms with Gasteiger partial charge in [-0.3, -0.25) is 14.5 Å². The van der Waals surface area contributed by atoms with Gasteiger partial charge in [0, 0.05) is 12.7 Å². The summed E-state index contributed by atoms with van der Waals surface area (Å²) < 4.78 is 13.4. The van der Waals surface area contributed by atoms with Gasteiger partial charge in [0.05, 0.1) is 23.5 Å². The summed E-state index contributed by atoms with van der Waals surface area (Å²) in [5, 5.41) is 2.89. The summed E-state index contributed by atoms with van der Waals surface area (Å²) in [4.78, 5) is 33.7. The van der Waals surface area contributed by atoms with Gasteiger partial charge in [0.25, 0.3) is 5.91 Å². The first-order chi connectivity index (χ1) is 13.6. The number of halogens is 1. The second kappa shape index (κ2) is 7.58. The summed E-state index contributed by atoms with van der Waals surface area (Å²) in [6, 6.07) is 10.2. The van der Waals surface area contributed by atoms with Crippen LogP contribution in [-0.2, 0) is 4.79 Å². The van der Waals surface area contributed by atoms with Gasteiger partial charge in [-0.2, -0.15) is 0 Å². The molecule has 2 aliphatic heterocycles. The third-order valence-electron chi connectivity index (χ3n) is 5.27. The van der Waals surface area contributed by atoms with E-state index in [0.29, 0.717) is 48.7 Å². The van der Waals surface area contributed by atoms with E-state index in [1.54, 1.807) is 23.1 Å². The second-order valence-corrected chi connectivity index (χ2v) is 7.22. The van der Waals surface area contributed by atoms with Gasteiger partial charge >= 0.3 is 0 Å². The summed E-state index contributed by atoms with van der Waals surface area (Å²) in [6.07, 6.45) is 2.53. The zero-order valence-corrected chi connectivity index (χ0v) is 15.8. The van der Waals surface area contributed by atoms with E-state index in [1.807, 2.05) is 30.0 Å². The predicted octanol–water partition coefficient (Wildman–Crippen LogP) is 3.40. The number of carbonyl (C=O) groups is 2. The van der Waals surface area contributed by atoms with Crippen LogP contribution in [0.15, 0.2) is 42.6 Å². The molecule has 7 heteroatoms. The van der Waals surface area contributed by atoms with Gasteiger partial charge in [0.15, 0.2) is 0 Å². The molecule has 2 amide bonds. The molecular weight excluding hydrogens is 359 g/mol. The molecule has 6 nitrogen and oxygen atoms in total. The lowest BCUT2D eigenvalue weighted by atomic mass is 10.0. The summed E-state index contributed by atoms with van der Waals surface area (Å²) >= 11 is 0. The molecule has 1 N–H and O–H groups in total. The van der Waals surface area contributed by atoms with Crippen molar-refractivity contribution in [3.8, 4) is 0 Å². The van der Waals surface area contributed by atoms with Gasteiger partial charge in [-0.15, -0.1) is 0 Å². The first-order valence-corrected chi connectivity index (χ1v) is 9.67. The van der Waals surface area contributed by atoms with Crippen molar-refractivity contribution in [3.63, 3.8) is 0 Å². The van der Waals surface area contributed by atoms with E-state index < -0.39 is 12.2 Å². The Morgan fingerprint density at radius 3 is 2.79 bits per heavy atom. The maximum atomic E-state index is 13.4. The Labute approximate surface area is 163 Å². The largest absolute Gasteiger partial charge is 0.354 e. The maximum absolute atomic E-state index is 13.4. The number of hydrogen-bond acceptors (Lipinski definition) is 4. The van der Waals surface area contributed by atoms with E-state index in [1.165, 1.54) is 6.20 Å². The predicted molar refractivity (Wildman–Crippen MR) is 107 cm³/mol. The normalized spacial score (nSPS) is 21.4. The number of anilines is 3. The molecule has 1 saturated heterocycles. The fourth-order valence-electron chi connectivity index (χ4n) is 3.84. The lowest BCUT2D eigenvalue weighted by molar-refractivity contribution is -0.117. The van der Waals surface area contributed by atoms with Crippen molar-refractivity contribution in [2.75, 3.05) is 28.2 Å². The molecule has 4 rings (SSSR count). The van der Waals surface area contributed by atoms with Gasteiger partial charge in [-0.25, -0.2) is 9.37 Å². The van der Waals surface area contributed by atoms with Crippen LogP contribution < -0.4 is 15.1 Å². The van der Waals surface area contributed by atoms with E-state index in [-0.39, 0.29) is 11.8 Å². The zero-order valence-electron chi connectivity index (χ0n) is 15.8. The number of pyridine rings is 1. The zero-order chi connectivity index (χ0) is 19.7. The molecule has 1 fully saturated rings. The number of amides is 2. The van der Waals surface area contributed by atoms with Crippen molar-refractivity contribution in [1.82, 2.24) is 4.98 Å². The quantitative estimate of drug-likeness (QED) is 0.880. The number of fused-ring (bicyclic) bond motifs is 1. The molecule has 2 aromatic rings. The van der Waals surface area contributed by atoms with Crippen LogP contribution in [0.2, 0.25) is 0 Å². The van der Waals surface area contributed by atoms with Crippen LogP contribution >= 0.6 is 0 Å². The number of hydrogen-bond donors (Lipinski definition) is 1. The topological polar surface area (TPSA) is 65.5 Å². The highest BCUT2D eigenvalue weighted by molar-refractivity contribution is 6.16. The van der Waals surface area contributed by atoms with E-state index >= 15 is 0 Å². The summed E-state index contributed by atoms with van der Waals surface area (Å²) in [7, 11) is 0. The lowest BCUT2D eigenvalue weighted by Gasteiger charge is -2.36. The van der Waals surface area contributed by atoms with Crippen LogP contribution in [0.25, 0.3) is 0 Å². The molecule has 1 aromatic heterocycles.